The molecule has 3 rings (SSSR count). The Bertz CT molecular complexity index is 1230. The second kappa shape index (κ2) is 7.16. The first-order valence-electron chi connectivity index (χ1n) is 8.07. The summed E-state index contributed by atoms with van der Waals surface area (Å²) in [6, 6.07) is 8.12. The summed E-state index contributed by atoms with van der Waals surface area (Å²) in [5.41, 5.74) is 0.845. The van der Waals surface area contributed by atoms with E-state index in [4.69, 9.17) is 0 Å². The van der Waals surface area contributed by atoms with Gasteiger partial charge in [0, 0.05) is 11.6 Å². The minimum Gasteiger partial charge on any atom is -0.466 e. The van der Waals surface area contributed by atoms with Gasteiger partial charge in [0.15, 0.2) is 11.6 Å². The van der Waals surface area contributed by atoms with Crippen molar-refractivity contribution < 1.29 is 26.7 Å². The molecule has 0 unspecified atom stereocenters. The molecular weight excluding hydrogens is 390 g/mol. The van der Waals surface area contributed by atoms with Gasteiger partial charge in [-0.15, -0.1) is 0 Å². The maximum absolute atomic E-state index is 14.4. The van der Waals surface area contributed by atoms with Gasteiger partial charge in [0.05, 0.1) is 24.4 Å². The van der Waals surface area contributed by atoms with Gasteiger partial charge in [0.2, 0.25) is 10.0 Å². The number of benzene rings is 2. The number of hydrogen-bond acceptors (Lipinski definition) is 5. The quantitative estimate of drug-likeness (QED) is 0.492. The summed E-state index contributed by atoms with van der Waals surface area (Å²) >= 11 is 0. The standard InChI is InChI=1S/C19H16F2N2O4S/c1-11-22-16-8-7-12(9-17(16)23(11)28(3,25)26)14(10-18(24)27-2)13-5-4-6-15(20)19(13)21/h4-10H,1-3H3/b14-10-. The number of carbonyl (C=O) groups is 1. The lowest BCUT2D eigenvalue weighted by molar-refractivity contribution is -0.134. The highest BCUT2D eigenvalue weighted by Gasteiger charge is 2.19. The number of methoxy groups -OCH3 is 1. The van der Waals surface area contributed by atoms with Gasteiger partial charge in [-0.05, 0) is 36.3 Å². The lowest BCUT2D eigenvalue weighted by Gasteiger charge is -2.11. The monoisotopic (exact) mass is 406 g/mol. The highest BCUT2D eigenvalue weighted by atomic mass is 32.2. The van der Waals surface area contributed by atoms with Crippen molar-refractivity contribution in [2.24, 2.45) is 0 Å². The van der Waals surface area contributed by atoms with Gasteiger partial charge >= 0.3 is 5.97 Å². The Labute approximate surface area is 160 Å². The Morgan fingerprint density at radius 2 is 1.93 bits per heavy atom. The highest BCUT2D eigenvalue weighted by molar-refractivity contribution is 7.89. The average molecular weight is 406 g/mol. The minimum atomic E-state index is -3.66. The molecule has 0 bridgehead atoms. The molecule has 28 heavy (non-hydrogen) atoms. The van der Waals surface area contributed by atoms with E-state index in [9.17, 15) is 22.0 Å². The highest BCUT2D eigenvalue weighted by Crippen LogP contribution is 2.30. The van der Waals surface area contributed by atoms with E-state index in [1.54, 1.807) is 12.1 Å². The van der Waals surface area contributed by atoms with Crippen LogP contribution in [0.25, 0.3) is 16.6 Å². The largest absolute Gasteiger partial charge is 0.466 e. The van der Waals surface area contributed by atoms with E-state index < -0.39 is 27.6 Å². The van der Waals surface area contributed by atoms with Crippen LogP contribution in [0, 0.1) is 18.6 Å². The number of nitrogens with zero attached hydrogens (tertiary/aromatic N) is 2. The van der Waals surface area contributed by atoms with E-state index in [2.05, 4.69) is 9.72 Å². The minimum absolute atomic E-state index is 0.0460. The second-order valence-corrected chi connectivity index (χ2v) is 7.90. The molecule has 0 aliphatic rings. The smallest absolute Gasteiger partial charge is 0.331 e. The lowest BCUT2D eigenvalue weighted by Crippen LogP contribution is -2.11. The zero-order chi connectivity index (χ0) is 20.6. The van der Waals surface area contributed by atoms with Crippen molar-refractivity contribution in [3.05, 3.63) is 71.1 Å². The summed E-state index contributed by atoms with van der Waals surface area (Å²) < 4.78 is 58.1. The molecule has 1 aromatic heterocycles. The van der Waals surface area contributed by atoms with Crippen LogP contribution >= 0.6 is 0 Å². The van der Waals surface area contributed by atoms with Crippen LogP contribution in [-0.4, -0.2) is 36.7 Å². The molecule has 0 atom stereocenters. The van der Waals surface area contributed by atoms with Gasteiger partial charge in [-0.3, -0.25) is 0 Å². The van der Waals surface area contributed by atoms with E-state index >= 15 is 0 Å². The predicted octanol–water partition coefficient (Wildman–Crippen LogP) is 3.04. The number of esters is 1. The number of aryl methyl sites for hydroxylation is 1. The van der Waals surface area contributed by atoms with Crippen molar-refractivity contribution in [3.8, 4) is 0 Å². The van der Waals surface area contributed by atoms with Gasteiger partial charge in [0.1, 0.15) is 5.82 Å². The molecule has 146 valence electrons. The van der Waals surface area contributed by atoms with Crippen molar-refractivity contribution >= 4 is 32.6 Å². The van der Waals surface area contributed by atoms with Gasteiger partial charge < -0.3 is 4.74 Å². The van der Waals surface area contributed by atoms with Crippen molar-refractivity contribution in [1.29, 1.82) is 0 Å². The molecule has 1 heterocycles. The topological polar surface area (TPSA) is 78.3 Å². The summed E-state index contributed by atoms with van der Waals surface area (Å²) in [5, 5.41) is 0. The fourth-order valence-electron chi connectivity index (χ4n) is 2.97. The molecule has 0 amide bonds. The Morgan fingerprint density at radius 3 is 2.57 bits per heavy atom. The van der Waals surface area contributed by atoms with E-state index in [0.717, 1.165) is 29.5 Å². The first kappa shape index (κ1) is 19.7. The molecule has 0 aliphatic carbocycles. The summed E-state index contributed by atoms with van der Waals surface area (Å²) in [6.07, 6.45) is 2.05. The fourth-order valence-corrected chi connectivity index (χ4v) is 3.99. The molecule has 0 saturated carbocycles. The van der Waals surface area contributed by atoms with Crippen molar-refractivity contribution in [1.82, 2.24) is 8.96 Å². The number of halogens is 2. The molecule has 6 nitrogen and oxygen atoms in total. The van der Waals surface area contributed by atoms with Crippen molar-refractivity contribution in [2.45, 2.75) is 6.92 Å². The third-order valence-electron chi connectivity index (χ3n) is 4.12. The molecule has 0 radical (unpaired) electrons. The predicted molar refractivity (Wildman–Crippen MR) is 100 cm³/mol. The Morgan fingerprint density at radius 1 is 1.21 bits per heavy atom. The number of imidazole rings is 1. The molecule has 0 aliphatic heterocycles. The second-order valence-electron chi connectivity index (χ2n) is 6.07. The number of rotatable bonds is 4. The number of ether oxygens (including phenoxy) is 1. The molecule has 0 spiro atoms. The zero-order valence-corrected chi connectivity index (χ0v) is 16.0. The maximum atomic E-state index is 14.4. The summed E-state index contributed by atoms with van der Waals surface area (Å²) in [5.74, 6) is -2.73. The molecule has 3 aromatic rings. The molecular formula is C19H16F2N2O4S. The first-order valence-corrected chi connectivity index (χ1v) is 9.92. The van der Waals surface area contributed by atoms with Crippen LogP contribution in [0.4, 0.5) is 8.78 Å². The van der Waals surface area contributed by atoms with E-state index in [1.165, 1.54) is 25.1 Å². The third kappa shape index (κ3) is 3.53. The van der Waals surface area contributed by atoms with Crippen LogP contribution in [0.2, 0.25) is 0 Å². The fraction of sp³-hybridized carbons (Fsp3) is 0.158. The van der Waals surface area contributed by atoms with Crippen LogP contribution in [-0.2, 0) is 19.6 Å². The number of carbonyl (C=O) groups excluding carboxylic acids is 1. The summed E-state index contributed by atoms with van der Waals surface area (Å²) in [7, 11) is -2.50. The van der Waals surface area contributed by atoms with E-state index in [1.807, 2.05) is 0 Å². The average Bonchev–Trinajstić information content (AvgIpc) is 2.97. The van der Waals surface area contributed by atoms with E-state index in [-0.39, 0.29) is 22.5 Å². The van der Waals surface area contributed by atoms with Gasteiger partial charge in [0.25, 0.3) is 0 Å². The Balaban J connectivity index is 2.32. The maximum Gasteiger partial charge on any atom is 0.331 e. The van der Waals surface area contributed by atoms with Crippen molar-refractivity contribution in [3.63, 3.8) is 0 Å². The molecule has 0 N–H and O–H groups in total. The number of hydrogen-bond donors (Lipinski definition) is 0. The lowest BCUT2D eigenvalue weighted by atomic mass is 9.96. The molecule has 0 saturated heterocycles. The summed E-state index contributed by atoms with van der Waals surface area (Å²) in [6.45, 7) is 1.54. The van der Waals surface area contributed by atoms with Crippen LogP contribution in [0.1, 0.15) is 17.0 Å². The van der Waals surface area contributed by atoms with Crippen LogP contribution < -0.4 is 0 Å². The Hall–Kier alpha value is -3.07. The van der Waals surface area contributed by atoms with Crippen LogP contribution in [0.15, 0.2) is 42.5 Å². The summed E-state index contributed by atoms with van der Waals surface area (Å²) in [4.78, 5) is 16.0. The normalized spacial score (nSPS) is 12.4. The Kier molecular flexibility index (Phi) is 5.03. The SMILES string of the molecule is COC(=O)/C=C(/c1ccc2nc(C)n(S(C)(=O)=O)c2c1)c1cccc(F)c1F. The third-order valence-corrected chi connectivity index (χ3v) is 5.24. The van der Waals surface area contributed by atoms with Crippen LogP contribution in [0.3, 0.4) is 0 Å². The number of aromatic nitrogens is 2. The van der Waals surface area contributed by atoms with Gasteiger partial charge in [-0.2, -0.15) is 0 Å². The van der Waals surface area contributed by atoms with Gasteiger partial charge in [-0.25, -0.2) is 30.9 Å². The molecule has 9 heteroatoms. The zero-order valence-electron chi connectivity index (χ0n) is 15.2. The molecule has 2 aromatic carbocycles. The van der Waals surface area contributed by atoms with Crippen molar-refractivity contribution in [2.75, 3.05) is 13.4 Å². The first-order chi connectivity index (χ1) is 13.1. The van der Waals surface area contributed by atoms with Gasteiger partial charge in [-0.1, -0.05) is 18.2 Å². The number of fused-ring (bicyclic) bond motifs is 1. The molecule has 0 fully saturated rings. The van der Waals surface area contributed by atoms with Crippen LogP contribution in [0.5, 0.6) is 0 Å². The van der Waals surface area contributed by atoms with E-state index in [0.29, 0.717) is 11.1 Å².